The number of carbonyl (C=O) groups is 1. The van der Waals surface area contributed by atoms with E-state index in [9.17, 15) is 4.79 Å². The first kappa shape index (κ1) is 15.9. The molecule has 0 unspecified atom stereocenters. The molecule has 0 spiro atoms. The highest BCUT2D eigenvalue weighted by atomic mass is 16.5. The predicted molar refractivity (Wildman–Crippen MR) is 92.2 cm³/mol. The van der Waals surface area contributed by atoms with Crippen molar-refractivity contribution in [3.63, 3.8) is 0 Å². The van der Waals surface area contributed by atoms with E-state index in [1.54, 1.807) is 26.5 Å². The first-order valence-corrected chi connectivity index (χ1v) is 7.70. The number of hydrogen-bond donors (Lipinski definition) is 3. The van der Waals surface area contributed by atoms with Crippen molar-refractivity contribution >= 4 is 23.2 Å². The molecule has 7 nitrogen and oxygen atoms in total. The minimum Gasteiger partial charge on any atom is -0.497 e. The molecule has 0 radical (unpaired) electrons. The number of amides is 2. The molecule has 1 fully saturated rings. The van der Waals surface area contributed by atoms with E-state index < -0.39 is 0 Å². The molecule has 126 valence electrons. The Hall–Kier alpha value is -2.96. The maximum Gasteiger partial charge on any atom is 0.320 e. The van der Waals surface area contributed by atoms with E-state index in [1.165, 1.54) is 0 Å². The molecule has 3 rings (SSSR count). The Kier molecular flexibility index (Phi) is 4.69. The summed E-state index contributed by atoms with van der Waals surface area (Å²) in [4.78, 5) is 15.9. The van der Waals surface area contributed by atoms with Crippen LogP contribution in [0.2, 0.25) is 0 Å². The largest absolute Gasteiger partial charge is 0.497 e. The minimum atomic E-state index is -0.222. The van der Waals surface area contributed by atoms with Gasteiger partial charge in [0.25, 0.3) is 0 Å². The molecule has 1 saturated carbocycles. The van der Waals surface area contributed by atoms with E-state index in [2.05, 4.69) is 20.9 Å². The van der Waals surface area contributed by atoms with E-state index in [4.69, 9.17) is 9.47 Å². The molecule has 0 saturated heterocycles. The Morgan fingerprint density at radius 2 is 2.00 bits per heavy atom. The minimum absolute atomic E-state index is 0.222. The van der Waals surface area contributed by atoms with E-state index in [0.29, 0.717) is 17.6 Å². The molecule has 7 heteroatoms. The van der Waals surface area contributed by atoms with Crippen LogP contribution in [0.15, 0.2) is 36.5 Å². The molecule has 1 heterocycles. The van der Waals surface area contributed by atoms with Crippen LogP contribution in [0.4, 0.5) is 22.0 Å². The summed E-state index contributed by atoms with van der Waals surface area (Å²) < 4.78 is 10.6. The lowest BCUT2D eigenvalue weighted by Gasteiger charge is -2.13. The smallest absolute Gasteiger partial charge is 0.320 e. The summed E-state index contributed by atoms with van der Waals surface area (Å²) in [5.41, 5.74) is 1.54. The molecule has 1 aromatic carbocycles. The normalized spacial score (nSPS) is 13.1. The third-order valence-corrected chi connectivity index (χ3v) is 3.60. The first-order valence-electron chi connectivity index (χ1n) is 7.70. The van der Waals surface area contributed by atoms with Gasteiger partial charge in [0.15, 0.2) is 0 Å². The Labute approximate surface area is 140 Å². The Morgan fingerprint density at radius 3 is 2.62 bits per heavy atom. The summed E-state index contributed by atoms with van der Waals surface area (Å²) in [6.07, 6.45) is 3.74. The maximum absolute atomic E-state index is 11.7. The van der Waals surface area contributed by atoms with E-state index in [1.807, 2.05) is 24.3 Å². The zero-order chi connectivity index (χ0) is 16.9. The van der Waals surface area contributed by atoms with Gasteiger partial charge < -0.3 is 20.1 Å². The zero-order valence-corrected chi connectivity index (χ0v) is 13.6. The van der Waals surface area contributed by atoms with Gasteiger partial charge in [-0.25, -0.2) is 9.78 Å². The van der Waals surface area contributed by atoms with Crippen LogP contribution in [0.3, 0.4) is 0 Å². The van der Waals surface area contributed by atoms with Crippen molar-refractivity contribution in [3.05, 3.63) is 36.5 Å². The van der Waals surface area contributed by atoms with Gasteiger partial charge in [0, 0.05) is 12.1 Å². The average Bonchev–Trinajstić information content (AvgIpc) is 3.40. The van der Waals surface area contributed by atoms with Crippen molar-refractivity contribution in [2.75, 3.05) is 24.9 Å². The number of pyridine rings is 1. The third kappa shape index (κ3) is 4.07. The second-order valence-electron chi connectivity index (χ2n) is 5.50. The zero-order valence-electron chi connectivity index (χ0n) is 13.6. The molecule has 2 amide bonds. The fourth-order valence-electron chi connectivity index (χ4n) is 2.17. The molecule has 0 bridgehead atoms. The lowest BCUT2D eigenvalue weighted by molar-refractivity contribution is 0.251. The number of rotatable bonds is 6. The van der Waals surface area contributed by atoms with Gasteiger partial charge in [0.1, 0.15) is 17.3 Å². The Balaban J connectivity index is 1.66. The number of aromatic nitrogens is 1. The molecule has 1 aromatic heterocycles. The second kappa shape index (κ2) is 7.08. The molecule has 2 aromatic rings. The van der Waals surface area contributed by atoms with Crippen molar-refractivity contribution < 1.29 is 14.3 Å². The molecule has 1 aliphatic rings. The number of ether oxygens (including phenoxy) is 2. The molecule has 3 N–H and O–H groups in total. The fraction of sp³-hybridized carbons (Fsp3) is 0.294. The van der Waals surface area contributed by atoms with Gasteiger partial charge >= 0.3 is 6.03 Å². The number of carbonyl (C=O) groups excluding carboxylic acids is 1. The number of benzene rings is 1. The van der Waals surface area contributed by atoms with Crippen LogP contribution < -0.4 is 25.4 Å². The summed E-state index contributed by atoms with van der Waals surface area (Å²) >= 11 is 0. The summed E-state index contributed by atoms with van der Waals surface area (Å²) in [7, 11) is 3.22. The molecule has 1 aliphatic carbocycles. The second-order valence-corrected chi connectivity index (χ2v) is 5.50. The Bertz CT molecular complexity index is 714. The molecule has 24 heavy (non-hydrogen) atoms. The van der Waals surface area contributed by atoms with Crippen LogP contribution in [0, 0.1) is 0 Å². The van der Waals surface area contributed by atoms with Crippen molar-refractivity contribution in [2.24, 2.45) is 0 Å². The van der Waals surface area contributed by atoms with Gasteiger partial charge in [-0.2, -0.15) is 0 Å². The number of urea groups is 1. The maximum atomic E-state index is 11.7. The van der Waals surface area contributed by atoms with E-state index in [0.717, 1.165) is 30.0 Å². The molecular formula is C17H20N4O3. The van der Waals surface area contributed by atoms with Gasteiger partial charge in [0.2, 0.25) is 0 Å². The number of hydrogen-bond acceptors (Lipinski definition) is 5. The third-order valence-electron chi connectivity index (χ3n) is 3.60. The standard InChI is InChI=1S/C17H20N4O3/c1-23-13-6-7-15(24-2)14(9-13)19-12-5-8-16(18-10-12)21-17(22)20-11-3-4-11/h5-11,19H,3-4H2,1-2H3,(H2,18,20,21,22). The lowest BCUT2D eigenvalue weighted by Crippen LogP contribution is -2.30. The SMILES string of the molecule is COc1ccc(OC)c(Nc2ccc(NC(=O)NC3CC3)nc2)c1. The van der Waals surface area contributed by atoms with Crippen molar-refractivity contribution in [3.8, 4) is 11.5 Å². The number of nitrogens with zero attached hydrogens (tertiary/aromatic N) is 1. The van der Waals surface area contributed by atoms with Crippen LogP contribution in [0.5, 0.6) is 11.5 Å². The van der Waals surface area contributed by atoms with Crippen molar-refractivity contribution in [1.82, 2.24) is 10.3 Å². The van der Waals surface area contributed by atoms with Crippen molar-refractivity contribution in [1.29, 1.82) is 0 Å². The van der Waals surface area contributed by atoms with Gasteiger partial charge in [-0.1, -0.05) is 0 Å². The summed E-state index contributed by atoms with van der Waals surface area (Å²) in [5.74, 6) is 1.92. The lowest BCUT2D eigenvalue weighted by atomic mass is 10.2. The fourth-order valence-corrected chi connectivity index (χ4v) is 2.17. The monoisotopic (exact) mass is 328 g/mol. The highest BCUT2D eigenvalue weighted by Crippen LogP contribution is 2.31. The van der Waals surface area contributed by atoms with Gasteiger partial charge in [0.05, 0.1) is 31.8 Å². The van der Waals surface area contributed by atoms with Crippen LogP contribution in [-0.4, -0.2) is 31.3 Å². The highest BCUT2D eigenvalue weighted by Gasteiger charge is 2.23. The van der Waals surface area contributed by atoms with Gasteiger partial charge in [-0.15, -0.1) is 0 Å². The summed E-state index contributed by atoms with van der Waals surface area (Å²) in [5, 5.41) is 8.79. The predicted octanol–water partition coefficient (Wildman–Crippen LogP) is 3.13. The quantitative estimate of drug-likeness (QED) is 0.759. The van der Waals surface area contributed by atoms with Crippen LogP contribution >= 0.6 is 0 Å². The molecule has 0 atom stereocenters. The van der Waals surface area contributed by atoms with Gasteiger partial charge in [-0.3, -0.25) is 5.32 Å². The number of nitrogens with one attached hydrogen (secondary N) is 3. The topological polar surface area (TPSA) is 84.5 Å². The first-order chi connectivity index (χ1) is 11.7. The van der Waals surface area contributed by atoms with E-state index in [-0.39, 0.29) is 6.03 Å². The average molecular weight is 328 g/mol. The van der Waals surface area contributed by atoms with Crippen molar-refractivity contribution in [2.45, 2.75) is 18.9 Å². The molecule has 0 aliphatic heterocycles. The molecular weight excluding hydrogens is 308 g/mol. The highest BCUT2D eigenvalue weighted by molar-refractivity contribution is 5.88. The number of methoxy groups -OCH3 is 2. The van der Waals surface area contributed by atoms with Crippen LogP contribution in [0.25, 0.3) is 0 Å². The van der Waals surface area contributed by atoms with Gasteiger partial charge in [-0.05, 0) is 37.1 Å². The summed E-state index contributed by atoms with van der Waals surface area (Å²) in [6, 6.07) is 9.15. The van der Waals surface area contributed by atoms with E-state index >= 15 is 0 Å². The summed E-state index contributed by atoms with van der Waals surface area (Å²) in [6.45, 7) is 0. The van der Waals surface area contributed by atoms with Crippen LogP contribution in [0.1, 0.15) is 12.8 Å². The Morgan fingerprint density at radius 1 is 1.17 bits per heavy atom. The van der Waals surface area contributed by atoms with Crippen LogP contribution in [-0.2, 0) is 0 Å². The number of anilines is 3.